The number of amides is 2. The van der Waals surface area contributed by atoms with Gasteiger partial charge in [0.2, 0.25) is 6.79 Å². The highest BCUT2D eigenvalue weighted by Crippen LogP contribution is 2.32. The number of ether oxygens (including phenoxy) is 2. The van der Waals surface area contributed by atoms with E-state index in [1.807, 2.05) is 0 Å². The highest BCUT2D eigenvalue weighted by atomic mass is 16.7. The van der Waals surface area contributed by atoms with E-state index in [9.17, 15) is 14.4 Å². The molecule has 1 fully saturated rings. The summed E-state index contributed by atoms with van der Waals surface area (Å²) in [6.45, 7) is 3.48. The molecule has 1 aromatic heterocycles. The number of pyridine rings is 1. The Labute approximate surface area is 155 Å². The van der Waals surface area contributed by atoms with Crippen LogP contribution in [0.15, 0.2) is 35.3 Å². The van der Waals surface area contributed by atoms with Crippen molar-refractivity contribution in [3.05, 3.63) is 57.5 Å². The minimum absolute atomic E-state index is 0.117. The first kappa shape index (κ1) is 17.1. The van der Waals surface area contributed by atoms with E-state index in [0.29, 0.717) is 48.9 Å². The predicted molar refractivity (Wildman–Crippen MR) is 96.2 cm³/mol. The van der Waals surface area contributed by atoms with Gasteiger partial charge in [-0.25, -0.2) is 0 Å². The molecule has 0 bridgehead atoms. The molecule has 2 amide bonds. The van der Waals surface area contributed by atoms with Gasteiger partial charge in [-0.05, 0) is 25.1 Å². The molecular formula is C19H19N3O5. The van der Waals surface area contributed by atoms with Crippen molar-refractivity contribution in [2.75, 3.05) is 33.0 Å². The molecule has 1 saturated heterocycles. The van der Waals surface area contributed by atoms with E-state index in [2.05, 4.69) is 4.98 Å². The third-order valence-corrected chi connectivity index (χ3v) is 4.76. The number of aryl methyl sites for hydroxylation is 1. The fraction of sp³-hybridized carbons (Fsp3) is 0.316. The van der Waals surface area contributed by atoms with Gasteiger partial charge in [-0.15, -0.1) is 0 Å². The second-order valence-electron chi connectivity index (χ2n) is 6.55. The van der Waals surface area contributed by atoms with Gasteiger partial charge in [0, 0.05) is 49.7 Å². The molecule has 0 radical (unpaired) electrons. The number of rotatable bonds is 2. The summed E-state index contributed by atoms with van der Waals surface area (Å²) in [7, 11) is 0. The topological polar surface area (TPSA) is 91.9 Å². The van der Waals surface area contributed by atoms with Crippen LogP contribution in [0.3, 0.4) is 0 Å². The molecule has 2 aliphatic rings. The van der Waals surface area contributed by atoms with E-state index in [0.717, 1.165) is 0 Å². The summed E-state index contributed by atoms with van der Waals surface area (Å²) in [5.74, 6) is 0.763. The average molecular weight is 369 g/mol. The van der Waals surface area contributed by atoms with Crippen LogP contribution < -0.4 is 14.9 Å². The number of benzene rings is 1. The number of aromatic amines is 1. The van der Waals surface area contributed by atoms with Crippen LogP contribution in [-0.4, -0.2) is 59.6 Å². The summed E-state index contributed by atoms with van der Waals surface area (Å²) in [5, 5.41) is 0. The molecule has 2 aromatic rings. The van der Waals surface area contributed by atoms with Gasteiger partial charge in [0.05, 0.1) is 0 Å². The Bertz CT molecular complexity index is 960. The van der Waals surface area contributed by atoms with Crippen molar-refractivity contribution in [3.8, 4) is 11.5 Å². The van der Waals surface area contributed by atoms with E-state index in [1.165, 1.54) is 12.3 Å². The molecule has 0 saturated carbocycles. The predicted octanol–water partition coefficient (Wildman–Crippen LogP) is 1.01. The zero-order valence-corrected chi connectivity index (χ0v) is 14.9. The van der Waals surface area contributed by atoms with Crippen molar-refractivity contribution in [1.82, 2.24) is 14.8 Å². The van der Waals surface area contributed by atoms with Crippen molar-refractivity contribution in [2.24, 2.45) is 0 Å². The Morgan fingerprint density at radius 1 is 0.963 bits per heavy atom. The highest BCUT2D eigenvalue weighted by molar-refractivity contribution is 5.96. The van der Waals surface area contributed by atoms with Crippen LogP contribution in [0, 0.1) is 6.92 Å². The third kappa shape index (κ3) is 3.25. The zero-order valence-electron chi connectivity index (χ0n) is 14.9. The van der Waals surface area contributed by atoms with Gasteiger partial charge < -0.3 is 24.3 Å². The molecule has 0 aliphatic carbocycles. The maximum Gasteiger partial charge on any atom is 0.259 e. The van der Waals surface area contributed by atoms with Crippen LogP contribution in [0.1, 0.15) is 26.4 Å². The largest absolute Gasteiger partial charge is 0.454 e. The lowest BCUT2D eigenvalue weighted by molar-refractivity contribution is 0.0534. The van der Waals surface area contributed by atoms with Gasteiger partial charge in [0.1, 0.15) is 5.56 Å². The Hall–Kier alpha value is -3.29. The van der Waals surface area contributed by atoms with Crippen LogP contribution in [0.4, 0.5) is 0 Å². The van der Waals surface area contributed by atoms with Crippen molar-refractivity contribution in [3.63, 3.8) is 0 Å². The lowest BCUT2D eigenvalue weighted by Gasteiger charge is -2.34. The molecule has 0 atom stereocenters. The number of H-pyrrole nitrogens is 1. The molecule has 140 valence electrons. The molecule has 8 nitrogen and oxygen atoms in total. The van der Waals surface area contributed by atoms with Crippen LogP contribution in [0.2, 0.25) is 0 Å². The molecule has 3 heterocycles. The lowest BCUT2D eigenvalue weighted by Crippen LogP contribution is -2.51. The van der Waals surface area contributed by atoms with Crippen LogP contribution in [0.25, 0.3) is 0 Å². The molecule has 1 N–H and O–H groups in total. The van der Waals surface area contributed by atoms with Gasteiger partial charge in [0.15, 0.2) is 16.9 Å². The second kappa shape index (κ2) is 6.79. The molecule has 1 aromatic carbocycles. The van der Waals surface area contributed by atoms with Crippen LogP contribution in [-0.2, 0) is 0 Å². The normalized spacial score (nSPS) is 15.7. The van der Waals surface area contributed by atoms with Gasteiger partial charge >= 0.3 is 0 Å². The fourth-order valence-electron chi connectivity index (χ4n) is 3.24. The zero-order chi connectivity index (χ0) is 19.0. The maximum absolute atomic E-state index is 12.7. The number of hydrogen-bond acceptors (Lipinski definition) is 5. The van der Waals surface area contributed by atoms with Gasteiger partial charge in [-0.3, -0.25) is 14.4 Å². The number of nitrogens with zero attached hydrogens (tertiary/aromatic N) is 2. The SMILES string of the molecule is Cc1cc(=O)c(C(=O)N2CCN(C(=O)c3ccc4c(c3)OCO4)CC2)c[nH]1. The summed E-state index contributed by atoms with van der Waals surface area (Å²) in [5.41, 5.74) is 1.05. The number of carbonyl (C=O) groups excluding carboxylic acids is 2. The van der Waals surface area contributed by atoms with E-state index >= 15 is 0 Å². The van der Waals surface area contributed by atoms with E-state index < -0.39 is 0 Å². The third-order valence-electron chi connectivity index (χ3n) is 4.76. The monoisotopic (exact) mass is 369 g/mol. The molecule has 27 heavy (non-hydrogen) atoms. The summed E-state index contributed by atoms with van der Waals surface area (Å²) < 4.78 is 10.6. The lowest BCUT2D eigenvalue weighted by atomic mass is 10.1. The Balaban J connectivity index is 1.42. The minimum Gasteiger partial charge on any atom is -0.454 e. The van der Waals surface area contributed by atoms with Crippen molar-refractivity contribution < 1.29 is 19.1 Å². The van der Waals surface area contributed by atoms with E-state index in [-0.39, 0.29) is 29.6 Å². The average Bonchev–Trinajstić information content (AvgIpc) is 3.15. The number of carbonyl (C=O) groups is 2. The molecule has 8 heteroatoms. The summed E-state index contributed by atoms with van der Waals surface area (Å²) in [6, 6.07) is 6.51. The van der Waals surface area contributed by atoms with Gasteiger partial charge in [0.25, 0.3) is 11.8 Å². The van der Waals surface area contributed by atoms with Crippen LogP contribution in [0.5, 0.6) is 11.5 Å². The quantitative estimate of drug-likeness (QED) is 0.853. The van der Waals surface area contributed by atoms with E-state index in [1.54, 1.807) is 34.9 Å². The first-order valence-electron chi connectivity index (χ1n) is 8.70. The number of piperazine rings is 1. The molecule has 2 aliphatic heterocycles. The maximum atomic E-state index is 12.7. The Kier molecular flexibility index (Phi) is 4.31. The van der Waals surface area contributed by atoms with E-state index in [4.69, 9.17) is 9.47 Å². The standard InChI is InChI=1S/C19H19N3O5/c1-12-8-15(23)14(10-20-12)19(25)22-6-4-21(5-7-22)18(24)13-2-3-16-17(9-13)27-11-26-16/h2-3,8-10H,4-7,11H2,1H3,(H,20,23). The number of aromatic nitrogens is 1. The van der Waals surface area contributed by atoms with Crippen molar-refractivity contribution in [1.29, 1.82) is 0 Å². The highest BCUT2D eigenvalue weighted by Gasteiger charge is 2.27. The summed E-state index contributed by atoms with van der Waals surface area (Å²) in [6.07, 6.45) is 1.45. The number of fused-ring (bicyclic) bond motifs is 1. The first-order valence-corrected chi connectivity index (χ1v) is 8.70. The minimum atomic E-state index is -0.313. The first-order chi connectivity index (χ1) is 13.0. The second-order valence-corrected chi connectivity index (χ2v) is 6.55. The molecule has 4 rings (SSSR count). The Morgan fingerprint density at radius 3 is 2.33 bits per heavy atom. The summed E-state index contributed by atoms with van der Waals surface area (Å²) in [4.78, 5) is 43.5. The molecule has 0 unspecified atom stereocenters. The van der Waals surface area contributed by atoms with Gasteiger partial charge in [-0.1, -0.05) is 0 Å². The van der Waals surface area contributed by atoms with Crippen molar-refractivity contribution in [2.45, 2.75) is 6.92 Å². The molecule has 0 spiro atoms. The smallest absolute Gasteiger partial charge is 0.259 e. The fourth-order valence-corrected chi connectivity index (χ4v) is 3.24. The summed E-state index contributed by atoms with van der Waals surface area (Å²) >= 11 is 0. The number of nitrogens with one attached hydrogen (secondary N) is 1. The van der Waals surface area contributed by atoms with Crippen LogP contribution >= 0.6 is 0 Å². The Morgan fingerprint density at radius 2 is 1.63 bits per heavy atom. The van der Waals surface area contributed by atoms with Crippen molar-refractivity contribution >= 4 is 11.8 Å². The molecular weight excluding hydrogens is 350 g/mol. The number of hydrogen-bond donors (Lipinski definition) is 1. The van der Waals surface area contributed by atoms with Gasteiger partial charge in [-0.2, -0.15) is 0 Å².